The van der Waals surface area contributed by atoms with Crippen LogP contribution in [0, 0.1) is 5.92 Å². The van der Waals surface area contributed by atoms with Crippen molar-refractivity contribution in [2.24, 2.45) is 5.92 Å². The third-order valence-corrected chi connectivity index (χ3v) is 11.1. The number of carbonyl (C=O) groups excluding carboxylic acids is 2. The molecule has 9 nitrogen and oxygen atoms in total. The molecule has 1 aliphatic rings. The quantitative estimate of drug-likeness (QED) is 0.162. The van der Waals surface area contributed by atoms with E-state index >= 15 is 0 Å². The summed E-state index contributed by atoms with van der Waals surface area (Å²) in [5, 5.41) is 3.32. The molecule has 1 fully saturated rings. The second kappa shape index (κ2) is 15.2. The predicted molar refractivity (Wildman–Crippen MR) is 182 cm³/mol. The van der Waals surface area contributed by atoms with Gasteiger partial charge in [-0.25, -0.2) is 22.9 Å². The number of rotatable bonds is 11. The van der Waals surface area contributed by atoms with Gasteiger partial charge in [-0.3, -0.25) is 10.1 Å². The van der Waals surface area contributed by atoms with Crippen molar-refractivity contribution in [1.82, 2.24) is 14.6 Å². The molecule has 3 aromatic carbocycles. The summed E-state index contributed by atoms with van der Waals surface area (Å²) < 4.78 is 31.9. The van der Waals surface area contributed by atoms with Gasteiger partial charge in [0.05, 0.1) is 17.9 Å². The number of halogens is 1. The van der Waals surface area contributed by atoms with Gasteiger partial charge in [-0.15, -0.1) is 0 Å². The average molecular weight is 681 g/mol. The summed E-state index contributed by atoms with van der Waals surface area (Å²) in [7, 11) is -0.820. The van der Waals surface area contributed by atoms with Crippen molar-refractivity contribution in [3.63, 3.8) is 0 Å². The highest BCUT2D eigenvalue weighted by Gasteiger charge is 2.33. The Morgan fingerprint density at radius 2 is 1.54 bits per heavy atom. The summed E-state index contributed by atoms with van der Waals surface area (Å²) in [5.41, 5.74) is 3.43. The Morgan fingerprint density at radius 1 is 0.957 bits per heavy atom. The van der Waals surface area contributed by atoms with Crippen LogP contribution in [0.2, 0.25) is 4.34 Å². The molecule has 242 valence electrons. The van der Waals surface area contributed by atoms with Gasteiger partial charge in [-0.1, -0.05) is 95.7 Å². The first-order valence-electron chi connectivity index (χ1n) is 15.2. The number of thiazole rings is 1. The molecule has 12 heteroatoms. The molecule has 0 bridgehead atoms. The van der Waals surface area contributed by atoms with E-state index in [0.29, 0.717) is 59.4 Å². The number of methoxy groups -OCH3 is 1. The third-order valence-electron chi connectivity index (χ3n) is 8.50. The van der Waals surface area contributed by atoms with Gasteiger partial charge >= 0.3 is 12.0 Å². The Labute approximate surface area is 279 Å². The number of benzene rings is 3. The van der Waals surface area contributed by atoms with Crippen molar-refractivity contribution < 1.29 is 22.7 Å². The molecule has 1 aliphatic carbocycles. The minimum atomic E-state index is -3.58. The number of aromatic nitrogens is 1. The van der Waals surface area contributed by atoms with Crippen molar-refractivity contribution in [3.8, 4) is 11.3 Å². The lowest BCUT2D eigenvalue weighted by atomic mass is 9.84. The number of ether oxygens (including phenoxy) is 1. The molecule has 0 saturated heterocycles. The molecule has 0 spiro atoms. The van der Waals surface area contributed by atoms with Crippen molar-refractivity contribution >= 4 is 50.1 Å². The summed E-state index contributed by atoms with van der Waals surface area (Å²) in [6.45, 7) is 0.487. The lowest BCUT2D eigenvalue weighted by molar-refractivity contribution is -0.146. The van der Waals surface area contributed by atoms with E-state index < -0.39 is 10.0 Å². The summed E-state index contributed by atoms with van der Waals surface area (Å²) in [4.78, 5) is 32.8. The number of anilines is 1. The molecule has 1 heterocycles. The highest BCUT2D eigenvalue weighted by atomic mass is 35.5. The summed E-state index contributed by atoms with van der Waals surface area (Å²) >= 11 is 7.71. The average Bonchev–Trinajstić information content (AvgIpc) is 3.46. The number of amides is 2. The Balaban J connectivity index is 1.37. The normalized spacial score (nSPS) is 16.6. The number of carbonyl (C=O) groups is 2. The molecule has 2 N–H and O–H groups in total. The molecule has 0 aliphatic heterocycles. The van der Waals surface area contributed by atoms with Gasteiger partial charge in [0.1, 0.15) is 10.0 Å². The Morgan fingerprint density at radius 3 is 2.09 bits per heavy atom. The summed E-state index contributed by atoms with van der Waals surface area (Å²) in [6.07, 6.45) is 3.35. The van der Waals surface area contributed by atoms with E-state index in [1.165, 1.54) is 37.4 Å². The SMILES string of the molecule is CNS(=O)(=O)c1ccc(-c2nc(NC(=O)N(CCC(c3ccccc3)c3ccccc3)C3CCC(C(=O)OC)CC3)sc2Cl)cc1. The Hall–Kier alpha value is -3.77. The van der Waals surface area contributed by atoms with Crippen LogP contribution in [-0.4, -0.2) is 57.0 Å². The van der Waals surface area contributed by atoms with E-state index in [0.717, 1.165) is 11.3 Å². The van der Waals surface area contributed by atoms with Crippen LogP contribution in [0.25, 0.3) is 11.3 Å². The second-order valence-corrected chi connectivity index (χ2v) is 14.7. The van der Waals surface area contributed by atoms with E-state index in [1.807, 2.05) is 41.3 Å². The van der Waals surface area contributed by atoms with Crippen LogP contribution >= 0.6 is 22.9 Å². The molecule has 0 unspecified atom stereocenters. The molecule has 4 aromatic rings. The van der Waals surface area contributed by atoms with E-state index in [-0.39, 0.29) is 34.8 Å². The highest BCUT2D eigenvalue weighted by molar-refractivity contribution is 7.89. The van der Waals surface area contributed by atoms with E-state index in [2.05, 4.69) is 39.3 Å². The monoisotopic (exact) mass is 680 g/mol. The smallest absolute Gasteiger partial charge is 0.323 e. The van der Waals surface area contributed by atoms with Crippen molar-refractivity contribution in [2.75, 3.05) is 26.0 Å². The number of hydrogen-bond acceptors (Lipinski definition) is 7. The van der Waals surface area contributed by atoms with Gasteiger partial charge in [0.15, 0.2) is 5.13 Å². The van der Waals surface area contributed by atoms with Gasteiger partial charge in [0.2, 0.25) is 10.0 Å². The van der Waals surface area contributed by atoms with Crippen LogP contribution in [0.5, 0.6) is 0 Å². The first-order valence-corrected chi connectivity index (χ1v) is 17.8. The van der Waals surface area contributed by atoms with Crippen LogP contribution in [0.1, 0.15) is 49.1 Å². The first kappa shape index (κ1) is 33.6. The van der Waals surface area contributed by atoms with Crippen LogP contribution in [0.3, 0.4) is 0 Å². The van der Waals surface area contributed by atoms with E-state index in [1.54, 1.807) is 12.1 Å². The predicted octanol–water partition coefficient (Wildman–Crippen LogP) is 7.16. The third kappa shape index (κ3) is 7.95. The standard InChI is InChI=1S/C34H37ClN4O5S2/c1-36-46(42,43)28-19-15-25(16-20-28)30-31(35)45-33(37-30)38-34(41)39(27-17-13-26(14-18-27)32(40)44-2)22-21-29(23-9-5-3-6-10-23)24-11-7-4-8-12-24/h3-12,15-16,19-20,26-27,29,36H,13-14,17-18,21-22H2,1-2H3,(H,37,38,41). The van der Waals surface area contributed by atoms with Gasteiger partial charge in [0, 0.05) is 24.1 Å². The largest absolute Gasteiger partial charge is 0.469 e. The van der Waals surface area contributed by atoms with Gasteiger partial charge < -0.3 is 9.64 Å². The number of sulfonamides is 1. The second-order valence-electron chi connectivity index (χ2n) is 11.2. The molecule has 2 amide bonds. The highest BCUT2D eigenvalue weighted by Crippen LogP contribution is 2.37. The molecule has 1 saturated carbocycles. The van der Waals surface area contributed by atoms with Crippen molar-refractivity contribution in [1.29, 1.82) is 0 Å². The topological polar surface area (TPSA) is 118 Å². The molecule has 5 rings (SSSR count). The lowest BCUT2D eigenvalue weighted by Crippen LogP contribution is -2.46. The van der Waals surface area contributed by atoms with Gasteiger partial charge in [-0.2, -0.15) is 0 Å². The number of nitrogens with one attached hydrogen (secondary N) is 2. The van der Waals surface area contributed by atoms with Crippen molar-refractivity contribution in [3.05, 3.63) is 100 Å². The fourth-order valence-corrected chi connectivity index (χ4v) is 7.82. The number of nitrogens with zero attached hydrogens (tertiary/aromatic N) is 2. The Bertz CT molecular complexity index is 1690. The zero-order chi connectivity index (χ0) is 32.7. The van der Waals surface area contributed by atoms with Gasteiger partial charge in [-0.05, 0) is 62.4 Å². The fourth-order valence-electron chi connectivity index (χ4n) is 6.01. The Kier molecular flexibility index (Phi) is 11.1. The molecular weight excluding hydrogens is 644 g/mol. The van der Waals surface area contributed by atoms with Crippen molar-refractivity contribution in [2.45, 2.75) is 49.0 Å². The molecule has 46 heavy (non-hydrogen) atoms. The van der Waals surface area contributed by atoms with Crippen LogP contribution < -0.4 is 10.0 Å². The van der Waals surface area contributed by atoms with Crippen LogP contribution in [0.4, 0.5) is 9.93 Å². The van der Waals surface area contributed by atoms with Crippen LogP contribution in [0.15, 0.2) is 89.8 Å². The molecule has 1 aromatic heterocycles. The van der Waals surface area contributed by atoms with E-state index in [4.69, 9.17) is 16.3 Å². The number of esters is 1. The zero-order valence-corrected chi connectivity index (χ0v) is 28.1. The summed E-state index contributed by atoms with van der Waals surface area (Å²) in [6, 6.07) is 26.5. The number of urea groups is 1. The minimum absolute atomic E-state index is 0.0651. The molecule has 0 radical (unpaired) electrons. The summed E-state index contributed by atoms with van der Waals surface area (Å²) in [5.74, 6) is -0.286. The maximum atomic E-state index is 14.0. The molecular formula is C34H37ClN4O5S2. The minimum Gasteiger partial charge on any atom is -0.469 e. The van der Waals surface area contributed by atoms with E-state index in [9.17, 15) is 18.0 Å². The molecule has 0 atom stereocenters. The van der Waals surface area contributed by atoms with Gasteiger partial charge in [0.25, 0.3) is 0 Å². The maximum Gasteiger partial charge on any atom is 0.323 e. The lowest BCUT2D eigenvalue weighted by Gasteiger charge is -2.37. The van der Waals surface area contributed by atoms with Crippen LogP contribution in [-0.2, 0) is 19.6 Å². The fraction of sp³-hybridized carbons (Fsp3) is 0.324. The number of hydrogen-bond donors (Lipinski definition) is 2. The maximum absolute atomic E-state index is 14.0. The zero-order valence-electron chi connectivity index (χ0n) is 25.7. The first-order chi connectivity index (χ1) is 22.2.